The molecule has 0 aliphatic carbocycles. The third-order valence-corrected chi connectivity index (χ3v) is 4.99. The molecule has 0 bridgehead atoms. The summed E-state index contributed by atoms with van der Waals surface area (Å²) in [5.74, 6) is -1.84. The number of benzene rings is 1. The Morgan fingerprint density at radius 2 is 2.05 bits per heavy atom. The second kappa shape index (κ2) is 6.42. The highest BCUT2D eigenvalue weighted by Gasteiger charge is 2.21. The van der Waals surface area contributed by atoms with Gasteiger partial charge in [-0.2, -0.15) is 0 Å². The Bertz CT molecular complexity index is 807. The van der Waals surface area contributed by atoms with Crippen molar-refractivity contribution >= 4 is 32.4 Å². The van der Waals surface area contributed by atoms with E-state index in [9.17, 15) is 22.0 Å². The predicted octanol–water partition coefficient (Wildman–Crippen LogP) is 1.25. The summed E-state index contributed by atoms with van der Waals surface area (Å²) in [5.41, 5.74) is -0.143. The molecule has 1 amide bonds. The number of nitrogens with zero attached hydrogens (tertiary/aromatic N) is 2. The molecule has 1 aromatic heterocycles. The van der Waals surface area contributed by atoms with Gasteiger partial charge in [0, 0.05) is 19.0 Å². The molecule has 118 valence electrons. The van der Waals surface area contributed by atoms with Gasteiger partial charge in [-0.1, -0.05) is 11.3 Å². The number of rotatable bonds is 5. The molecule has 0 spiro atoms. The molecule has 1 aromatic carbocycles. The van der Waals surface area contributed by atoms with Gasteiger partial charge in [-0.15, -0.1) is 10.2 Å². The van der Waals surface area contributed by atoms with Crippen molar-refractivity contribution in [1.29, 1.82) is 0 Å². The molecule has 0 atom stereocenters. The zero-order valence-corrected chi connectivity index (χ0v) is 12.8. The van der Waals surface area contributed by atoms with Crippen LogP contribution in [0.5, 0.6) is 0 Å². The summed E-state index contributed by atoms with van der Waals surface area (Å²) >= 11 is 0.638. The smallest absolute Gasteiger partial charge is 0.270 e. The number of anilines is 1. The standard InChI is InChI=1S/C11H10F2N4O3S2/c1-6(18)15-10-16-17-11(21-10)22(19,20)14-5-7-4-8(12)2-3-9(7)13/h2-4,14H,5H2,1H3,(H,15,16,18). The lowest BCUT2D eigenvalue weighted by molar-refractivity contribution is -0.114. The molecule has 2 N–H and O–H groups in total. The van der Waals surface area contributed by atoms with Crippen LogP contribution in [0.2, 0.25) is 0 Å². The predicted molar refractivity (Wildman–Crippen MR) is 74.6 cm³/mol. The molecule has 2 rings (SSSR count). The molecule has 22 heavy (non-hydrogen) atoms. The van der Waals surface area contributed by atoms with Crippen molar-refractivity contribution in [3.8, 4) is 0 Å². The molecule has 0 saturated heterocycles. The van der Waals surface area contributed by atoms with Crippen LogP contribution >= 0.6 is 11.3 Å². The summed E-state index contributed by atoms with van der Waals surface area (Å²) in [4.78, 5) is 10.8. The van der Waals surface area contributed by atoms with Crippen LogP contribution in [0.25, 0.3) is 0 Å². The van der Waals surface area contributed by atoms with Crippen molar-refractivity contribution < 1.29 is 22.0 Å². The van der Waals surface area contributed by atoms with Gasteiger partial charge in [0.25, 0.3) is 10.0 Å². The minimum absolute atomic E-state index is 0.0183. The second-order valence-corrected chi connectivity index (χ2v) is 7.03. The third kappa shape index (κ3) is 4.02. The van der Waals surface area contributed by atoms with Crippen molar-refractivity contribution in [3.63, 3.8) is 0 Å². The molecule has 2 aromatic rings. The van der Waals surface area contributed by atoms with Crippen LogP contribution < -0.4 is 10.0 Å². The lowest BCUT2D eigenvalue weighted by Crippen LogP contribution is -2.23. The molecule has 0 radical (unpaired) electrons. The molecule has 0 unspecified atom stereocenters. The Morgan fingerprint density at radius 3 is 2.73 bits per heavy atom. The number of nitrogens with one attached hydrogen (secondary N) is 2. The van der Waals surface area contributed by atoms with Crippen molar-refractivity contribution in [2.75, 3.05) is 5.32 Å². The highest BCUT2D eigenvalue weighted by atomic mass is 32.2. The first-order chi connectivity index (χ1) is 10.3. The van der Waals surface area contributed by atoms with Crippen LogP contribution in [0.15, 0.2) is 22.5 Å². The lowest BCUT2D eigenvalue weighted by atomic mass is 10.2. The monoisotopic (exact) mass is 348 g/mol. The molecule has 1 heterocycles. The van der Waals surface area contributed by atoms with E-state index < -0.39 is 38.4 Å². The van der Waals surface area contributed by atoms with Gasteiger partial charge in [-0.3, -0.25) is 4.79 Å². The molecule has 0 saturated carbocycles. The lowest BCUT2D eigenvalue weighted by Gasteiger charge is -2.05. The fourth-order valence-corrected chi connectivity index (χ4v) is 3.43. The van der Waals surface area contributed by atoms with Gasteiger partial charge in [0.15, 0.2) is 0 Å². The van der Waals surface area contributed by atoms with E-state index in [-0.39, 0.29) is 10.7 Å². The molecule has 0 fully saturated rings. The first-order valence-corrected chi connectivity index (χ1v) is 8.12. The minimum Gasteiger partial charge on any atom is -0.301 e. The second-order valence-electron chi connectivity index (χ2n) is 4.11. The van der Waals surface area contributed by atoms with E-state index >= 15 is 0 Å². The number of carbonyl (C=O) groups excluding carboxylic acids is 1. The number of halogens is 2. The van der Waals surface area contributed by atoms with Crippen LogP contribution in [0.4, 0.5) is 13.9 Å². The first kappa shape index (κ1) is 16.4. The average molecular weight is 348 g/mol. The van der Waals surface area contributed by atoms with Crippen LogP contribution in [-0.4, -0.2) is 24.5 Å². The SMILES string of the molecule is CC(=O)Nc1nnc(S(=O)(=O)NCc2cc(F)ccc2F)s1. The maximum absolute atomic E-state index is 13.4. The Hall–Kier alpha value is -1.98. The summed E-state index contributed by atoms with van der Waals surface area (Å²) in [5, 5.41) is 9.23. The molecule has 11 heteroatoms. The topological polar surface area (TPSA) is 101 Å². The van der Waals surface area contributed by atoms with E-state index in [1.807, 2.05) is 0 Å². The van der Waals surface area contributed by atoms with Gasteiger partial charge < -0.3 is 5.32 Å². The largest absolute Gasteiger partial charge is 0.301 e. The molecular formula is C11H10F2N4O3S2. The fraction of sp³-hybridized carbons (Fsp3) is 0.182. The molecule has 0 aliphatic rings. The van der Waals surface area contributed by atoms with Gasteiger partial charge in [-0.25, -0.2) is 21.9 Å². The Balaban J connectivity index is 2.12. The van der Waals surface area contributed by atoms with Gasteiger partial charge in [-0.05, 0) is 18.2 Å². The summed E-state index contributed by atoms with van der Waals surface area (Å²) < 4.78 is 52.1. The van der Waals surface area contributed by atoms with Crippen molar-refractivity contribution in [2.24, 2.45) is 0 Å². The fourth-order valence-electron chi connectivity index (χ4n) is 1.43. The zero-order chi connectivity index (χ0) is 16.3. The van der Waals surface area contributed by atoms with Crippen molar-refractivity contribution in [3.05, 3.63) is 35.4 Å². The summed E-state index contributed by atoms with van der Waals surface area (Å²) in [6.07, 6.45) is 0. The number of aromatic nitrogens is 2. The maximum Gasteiger partial charge on any atom is 0.270 e. The summed E-state index contributed by atoms with van der Waals surface area (Å²) in [7, 11) is -4.05. The number of hydrogen-bond acceptors (Lipinski definition) is 6. The summed E-state index contributed by atoms with van der Waals surface area (Å²) in [6, 6.07) is 2.72. The molecular weight excluding hydrogens is 338 g/mol. The number of sulfonamides is 1. The molecule has 0 aliphatic heterocycles. The van der Waals surface area contributed by atoms with Crippen LogP contribution in [-0.2, 0) is 21.4 Å². The van der Waals surface area contributed by atoms with Crippen LogP contribution in [0.1, 0.15) is 12.5 Å². The van der Waals surface area contributed by atoms with Gasteiger partial charge in [0.05, 0.1) is 0 Å². The zero-order valence-electron chi connectivity index (χ0n) is 11.1. The Labute approximate surface area is 128 Å². The highest BCUT2D eigenvalue weighted by molar-refractivity contribution is 7.91. The van der Waals surface area contributed by atoms with E-state index in [0.717, 1.165) is 18.2 Å². The van der Waals surface area contributed by atoms with Crippen molar-refractivity contribution in [2.45, 2.75) is 17.8 Å². The molecule has 7 nitrogen and oxygen atoms in total. The van der Waals surface area contributed by atoms with Crippen LogP contribution in [0.3, 0.4) is 0 Å². The van der Waals surface area contributed by atoms with Crippen LogP contribution in [0, 0.1) is 11.6 Å². The summed E-state index contributed by atoms with van der Waals surface area (Å²) in [6.45, 7) is 0.793. The van der Waals surface area contributed by atoms with E-state index in [1.54, 1.807) is 0 Å². The normalized spacial score (nSPS) is 11.4. The van der Waals surface area contributed by atoms with Crippen molar-refractivity contribution in [1.82, 2.24) is 14.9 Å². The van der Waals surface area contributed by atoms with Gasteiger partial charge in [0.2, 0.25) is 15.4 Å². The van der Waals surface area contributed by atoms with E-state index in [0.29, 0.717) is 11.3 Å². The third-order valence-electron chi connectivity index (χ3n) is 2.38. The highest BCUT2D eigenvalue weighted by Crippen LogP contribution is 2.20. The number of amides is 1. The van der Waals surface area contributed by atoms with E-state index in [2.05, 4.69) is 20.2 Å². The first-order valence-electron chi connectivity index (χ1n) is 5.82. The quantitative estimate of drug-likeness (QED) is 0.792. The Kier molecular flexibility index (Phi) is 4.78. The number of hydrogen-bond donors (Lipinski definition) is 2. The maximum atomic E-state index is 13.4. The van der Waals surface area contributed by atoms with E-state index in [4.69, 9.17) is 0 Å². The Morgan fingerprint density at radius 1 is 1.32 bits per heavy atom. The van der Waals surface area contributed by atoms with E-state index in [1.165, 1.54) is 6.92 Å². The van der Waals surface area contributed by atoms with Gasteiger partial charge >= 0.3 is 0 Å². The average Bonchev–Trinajstić information content (AvgIpc) is 2.88. The minimum atomic E-state index is -4.05. The number of carbonyl (C=O) groups is 1. The van der Waals surface area contributed by atoms with Gasteiger partial charge in [0.1, 0.15) is 11.6 Å².